The summed E-state index contributed by atoms with van der Waals surface area (Å²) < 4.78 is 14.0. The van der Waals surface area contributed by atoms with Gasteiger partial charge in [0.1, 0.15) is 6.04 Å². The number of nitrogens with zero attached hydrogens (tertiary/aromatic N) is 2. The molecule has 2 atom stereocenters. The van der Waals surface area contributed by atoms with Crippen LogP contribution >= 0.6 is 0 Å². The number of primary amides is 1. The molecule has 1 heterocycles. The molecule has 0 radical (unpaired) electrons. The lowest BCUT2D eigenvalue weighted by Crippen LogP contribution is -2.48. The monoisotopic (exact) mass is 362 g/mol. The van der Waals surface area contributed by atoms with Gasteiger partial charge >= 0.3 is 0 Å². The van der Waals surface area contributed by atoms with Crippen LogP contribution in [0.1, 0.15) is 50.0 Å². The maximum absolute atomic E-state index is 12.7. The summed E-state index contributed by atoms with van der Waals surface area (Å²) in [5.74, 6) is -1.03. The van der Waals surface area contributed by atoms with Gasteiger partial charge in [0.2, 0.25) is 5.91 Å². The number of carbonyl (C=O) groups excluding carboxylic acids is 2. The fourth-order valence-electron chi connectivity index (χ4n) is 2.94. The number of unbranched alkanes of at least 4 members (excludes halogenated alkanes) is 2. The second-order valence-electron chi connectivity index (χ2n) is 6.58. The zero-order valence-electron chi connectivity index (χ0n) is 15.4. The molecule has 1 aromatic carbocycles. The zero-order valence-corrected chi connectivity index (χ0v) is 15.4. The van der Waals surface area contributed by atoms with E-state index in [2.05, 4.69) is 10.4 Å². The lowest BCUT2D eigenvalue weighted by atomic mass is 9.98. The number of hydrogen-bond donors (Lipinski definition) is 2. The van der Waals surface area contributed by atoms with Crippen molar-refractivity contribution in [2.75, 3.05) is 6.67 Å². The Morgan fingerprint density at radius 1 is 1.27 bits per heavy atom. The minimum absolute atomic E-state index is 0.0644. The number of benzene rings is 1. The van der Waals surface area contributed by atoms with E-state index in [1.54, 1.807) is 4.68 Å². The molecule has 142 valence electrons. The van der Waals surface area contributed by atoms with E-state index in [-0.39, 0.29) is 18.3 Å². The lowest BCUT2D eigenvalue weighted by Gasteiger charge is -2.20. The predicted octanol–water partition coefficient (Wildman–Crippen LogP) is 2.81. The molecule has 0 aliphatic heterocycles. The fraction of sp³-hybridized carbons (Fsp3) is 0.526. The second kappa shape index (κ2) is 9.31. The molecule has 0 spiro atoms. The van der Waals surface area contributed by atoms with Gasteiger partial charge in [0.25, 0.3) is 5.91 Å². The van der Waals surface area contributed by atoms with Crippen LogP contribution in [0.15, 0.2) is 24.3 Å². The molecular formula is C19H27FN4O2. The van der Waals surface area contributed by atoms with E-state index in [9.17, 15) is 14.0 Å². The summed E-state index contributed by atoms with van der Waals surface area (Å²) in [6.07, 6.45) is 2.80. The summed E-state index contributed by atoms with van der Waals surface area (Å²) in [5.41, 5.74) is 6.56. The van der Waals surface area contributed by atoms with Gasteiger partial charge in [-0.2, -0.15) is 5.10 Å². The van der Waals surface area contributed by atoms with Crippen LogP contribution in [0.25, 0.3) is 10.9 Å². The maximum Gasteiger partial charge on any atom is 0.273 e. The van der Waals surface area contributed by atoms with E-state index in [1.165, 1.54) is 0 Å². The molecule has 2 amide bonds. The van der Waals surface area contributed by atoms with Crippen LogP contribution in [0.5, 0.6) is 0 Å². The fourth-order valence-corrected chi connectivity index (χ4v) is 2.94. The third-order valence-corrected chi connectivity index (χ3v) is 4.68. The summed E-state index contributed by atoms with van der Waals surface area (Å²) in [5, 5.41) is 7.89. The van der Waals surface area contributed by atoms with Gasteiger partial charge in [0.15, 0.2) is 5.69 Å². The van der Waals surface area contributed by atoms with Crippen LogP contribution in [-0.4, -0.2) is 34.3 Å². The lowest BCUT2D eigenvalue weighted by molar-refractivity contribution is -0.120. The van der Waals surface area contributed by atoms with Gasteiger partial charge in [0.05, 0.1) is 12.2 Å². The molecule has 2 rings (SSSR count). The van der Waals surface area contributed by atoms with Gasteiger partial charge in [-0.3, -0.25) is 18.7 Å². The third-order valence-electron chi connectivity index (χ3n) is 4.68. The zero-order chi connectivity index (χ0) is 19.1. The number of halogens is 1. The molecule has 3 N–H and O–H groups in total. The molecule has 0 aliphatic rings. The highest BCUT2D eigenvalue weighted by atomic mass is 19.1. The van der Waals surface area contributed by atoms with E-state index in [4.69, 9.17) is 5.73 Å². The molecule has 7 heteroatoms. The Morgan fingerprint density at radius 3 is 2.65 bits per heavy atom. The number of amides is 2. The molecule has 0 saturated carbocycles. The van der Waals surface area contributed by atoms with Crippen molar-refractivity contribution in [1.82, 2.24) is 15.1 Å². The predicted molar refractivity (Wildman–Crippen MR) is 99.5 cm³/mol. The van der Waals surface area contributed by atoms with E-state index in [0.717, 1.165) is 30.2 Å². The van der Waals surface area contributed by atoms with Crippen LogP contribution in [0.2, 0.25) is 0 Å². The number of para-hydroxylation sites is 1. The first kappa shape index (κ1) is 19.9. The summed E-state index contributed by atoms with van der Waals surface area (Å²) in [6.45, 7) is 4.10. The Balaban J connectivity index is 2.25. The van der Waals surface area contributed by atoms with Crippen LogP contribution in [0.4, 0.5) is 4.39 Å². The van der Waals surface area contributed by atoms with Crippen molar-refractivity contribution >= 4 is 22.7 Å². The van der Waals surface area contributed by atoms with Crippen LogP contribution in [0, 0.1) is 5.92 Å². The molecule has 1 aromatic heterocycles. The number of hydrogen-bond acceptors (Lipinski definition) is 3. The Hall–Kier alpha value is -2.44. The number of nitrogens with one attached hydrogen (secondary N) is 1. The first-order chi connectivity index (χ1) is 12.5. The molecule has 6 nitrogen and oxygen atoms in total. The van der Waals surface area contributed by atoms with E-state index < -0.39 is 17.9 Å². The third kappa shape index (κ3) is 4.59. The van der Waals surface area contributed by atoms with Gasteiger partial charge in [-0.05, 0) is 31.2 Å². The van der Waals surface area contributed by atoms with Gasteiger partial charge in [-0.15, -0.1) is 0 Å². The maximum atomic E-state index is 12.7. The molecule has 26 heavy (non-hydrogen) atoms. The van der Waals surface area contributed by atoms with Gasteiger partial charge in [0, 0.05) is 11.9 Å². The first-order valence-corrected chi connectivity index (χ1v) is 9.11. The van der Waals surface area contributed by atoms with Gasteiger partial charge in [-0.25, -0.2) is 0 Å². The Kier molecular flexibility index (Phi) is 7.12. The molecule has 2 unspecified atom stereocenters. The summed E-state index contributed by atoms with van der Waals surface area (Å²) in [6, 6.07) is 6.72. The molecule has 0 bridgehead atoms. The van der Waals surface area contributed by atoms with Gasteiger partial charge in [-0.1, -0.05) is 38.5 Å². The topological polar surface area (TPSA) is 90.0 Å². The van der Waals surface area contributed by atoms with Crippen LogP contribution < -0.4 is 11.1 Å². The number of aryl methyl sites for hydroxylation is 1. The number of nitrogens with two attached hydrogens (primary N) is 1. The smallest absolute Gasteiger partial charge is 0.273 e. The number of aromatic nitrogens is 2. The SMILES string of the molecule is CCC(C)C(NC(=O)c1nn(CCCCCF)c2ccccc12)C(N)=O. The minimum Gasteiger partial charge on any atom is -0.368 e. The molecule has 0 aliphatic carbocycles. The van der Waals surface area contributed by atoms with E-state index in [0.29, 0.717) is 13.0 Å². The van der Waals surface area contributed by atoms with E-state index in [1.807, 2.05) is 38.1 Å². The summed E-state index contributed by atoms with van der Waals surface area (Å²) >= 11 is 0. The Labute approximate surface area is 152 Å². The molecule has 0 saturated heterocycles. The van der Waals surface area contributed by atoms with Crippen molar-refractivity contribution in [2.45, 2.75) is 52.1 Å². The van der Waals surface area contributed by atoms with Gasteiger partial charge < -0.3 is 11.1 Å². The number of alkyl halides is 1. The quantitative estimate of drug-likeness (QED) is 0.637. The number of rotatable bonds is 10. The standard InChI is InChI=1S/C19H27FN4O2/c1-3-13(2)16(18(21)25)22-19(26)17-14-9-5-6-10-15(14)24(23-17)12-8-4-7-11-20/h5-6,9-10,13,16H,3-4,7-8,11-12H2,1-2H3,(H2,21,25)(H,22,26). The second-order valence-corrected chi connectivity index (χ2v) is 6.58. The Bertz CT molecular complexity index is 759. The summed E-state index contributed by atoms with van der Waals surface area (Å²) in [4.78, 5) is 24.4. The normalized spacial score (nSPS) is 13.5. The van der Waals surface area contributed by atoms with Crippen molar-refractivity contribution in [3.8, 4) is 0 Å². The highest BCUT2D eigenvalue weighted by molar-refractivity contribution is 6.06. The summed E-state index contributed by atoms with van der Waals surface area (Å²) in [7, 11) is 0. The van der Waals surface area contributed by atoms with Crippen molar-refractivity contribution in [3.63, 3.8) is 0 Å². The highest BCUT2D eigenvalue weighted by Gasteiger charge is 2.26. The van der Waals surface area contributed by atoms with Crippen LogP contribution in [-0.2, 0) is 11.3 Å². The first-order valence-electron chi connectivity index (χ1n) is 9.11. The highest BCUT2D eigenvalue weighted by Crippen LogP contribution is 2.20. The minimum atomic E-state index is -0.735. The Morgan fingerprint density at radius 2 is 2.00 bits per heavy atom. The molecular weight excluding hydrogens is 335 g/mol. The average Bonchev–Trinajstić information content (AvgIpc) is 3.01. The van der Waals surface area contributed by atoms with Crippen molar-refractivity contribution in [2.24, 2.45) is 11.7 Å². The molecule has 2 aromatic rings. The largest absolute Gasteiger partial charge is 0.368 e. The molecule has 0 fully saturated rings. The van der Waals surface area contributed by atoms with Crippen molar-refractivity contribution in [1.29, 1.82) is 0 Å². The van der Waals surface area contributed by atoms with Crippen LogP contribution in [0.3, 0.4) is 0 Å². The average molecular weight is 362 g/mol. The number of carbonyl (C=O) groups is 2. The van der Waals surface area contributed by atoms with Crippen molar-refractivity contribution < 1.29 is 14.0 Å². The number of fused-ring (bicyclic) bond motifs is 1. The van der Waals surface area contributed by atoms with Crippen molar-refractivity contribution in [3.05, 3.63) is 30.0 Å². The van der Waals surface area contributed by atoms with E-state index >= 15 is 0 Å².